The van der Waals surface area contributed by atoms with Gasteiger partial charge in [-0.1, -0.05) is 75.9 Å². The lowest BCUT2D eigenvalue weighted by atomic mass is 10.0. The van der Waals surface area contributed by atoms with Gasteiger partial charge in [-0.05, 0) is 72.9 Å². The first kappa shape index (κ1) is 26.5. The Kier molecular flexibility index (Phi) is 10.8. The molecule has 0 fully saturated rings. The number of esters is 1. The average Bonchev–Trinajstić information content (AvgIpc) is 2.89. The highest BCUT2D eigenvalue weighted by Crippen LogP contribution is 2.26. The molecule has 0 bridgehead atoms. The molecule has 4 heteroatoms. The Balaban J connectivity index is 1.51. The summed E-state index contributed by atoms with van der Waals surface area (Å²) in [5.74, 6) is 0.896. The molecule has 35 heavy (non-hydrogen) atoms. The van der Waals surface area contributed by atoms with Crippen LogP contribution in [0.3, 0.4) is 0 Å². The monoisotopic (exact) mass is 474 g/mol. The lowest BCUT2D eigenvalue weighted by Gasteiger charge is -2.14. The summed E-state index contributed by atoms with van der Waals surface area (Å²) in [7, 11) is 0. The third kappa shape index (κ3) is 8.56. The van der Waals surface area contributed by atoms with Gasteiger partial charge < -0.3 is 14.2 Å². The molecule has 0 aromatic heterocycles. The van der Waals surface area contributed by atoms with Gasteiger partial charge >= 0.3 is 5.97 Å². The van der Waals surface area contributed by atoms with Gasteiger partial charge in [-0.3, -0.25) is 0 Å². The fourth-order valence-corrected chi connectivity index (χ4v) is 3.73. The Bertz CT molecular complexity index is 1010. The summed E-state index contributed by atoms with van der Waals surface area (Å²) in [5.41, 5.74) is 3.85. The third-order valence-electron chi connectivity index (χ3n) is 6.00. The minimum absolute atomic E-state index is 0.0874. The van der Waals surface area contributed by atoms with Crippen molar-refractivity contribution in [2.75, 3.05) is 13.2 Å². The quantitative estimate of drug-likeness (QED) is 0.134. The normalized spacial score (nSPS) is 11.7. The number of rotatable bonds is 14. The second kappa shape index (κ2) is 14.3. The first-order valence-corrected chi connectivity index (χ1v) is 12.9. The molecule has 0 aliphatic rings. The van der Waals surface area contributed by atoms with Crippen LogP contribution in [0.4, 0.5) is 0 Å². The number of carbonyl (C=O) groups excluding carboxylic acids is 1. The Labute approximate surface area is 210 Å². The van der Waals surface area contributed by atoms with Crippen molar-refractivity contribution in [1.29, 1.82) is 0 Å². The first-order chi connectivity index (χ1) is 17.1. The number of carbonyl (C=O) groups is 1. The van der Waals surface area contributed by atoms with Crippen LogP contribution in [0.5, 0.6) is 11.5 Å². The number of ether oxygens (including phenoxy) is 3. The van der Waals surface area contributed by atoms with Gasteiger partial charge in [-0.2, -0.15) is 0 Å². The van der Waals surface area contributed by atoms with E-state index in [1.54, 1.807) is 24.3 Å². The van der Waals surface area contributed by atoms with E-state index < -0.39 is 0 Å². The summed E-state index contributed by atoms with van der Waals surface area (Å²) in [5, 5.41) is 0. The summed E-state index contributed by atoms with van der Waals surface area (Å²) < 4.78 is 17.2. The van der Waals surface area contributed by atoms with Gasteiger partial charge in [0.1, 0.15) is 11.5 Å². The maximum atomic E-state index is 12.5. The van der Waals surface area contributed by atoms with Gasteiger partial charge in [0, 0.05) is 6.61 Å². The maximum absolute atomic E-state index is 12.5. The lowest BCUT2D eigenvalue weighted by Crippen LogP contribution is -2.08. The van der Waals surface area contributed by atoms with Crippen LogP contribution < -0.4 is 9.47 Å². The number of benzene rings is 3. The molecule has 0 heterocycles. The molecular weight excluding hydrogens is 436 g/mol. The van der Waals surface area contributed by atoms with Crippen molar-refractivity contribution in [3.63, 3.8) is 0 Å². The SMILES string of the molecule is CCCCCCOC(C)c1ccc(-c2ccc(OC(=O)c3ccc(OCCCC)cc3)cc2)cc1. The van der Waals surface area contributed by atoms with Crippen LogP contribution in [0.2, 0.25) is 0 Å². The average molecular weight is 475 g/mol. The smallest absolute Gasteiger partial charge is 0.343 e. The van der Waals surface area contributed by atoms with Gasteiger partial charge in [0.05, 0.1) is 18.3 Å². The van der Waals surface area contributed by atoms with Crippen LogP contribution in [0.1, 0.15) is 81.3 Å². The van der Waals surface area contributed by atoms with Crippen molar-refractivity contribution in [3.05, 3.63) is 83.9 Å². The highest BCUT2D eigenvalue weighted by Gasteiger charge is 2.10. The van der Waals surface area contributed by atoms with E-state index in [2.05, 4.69) is 45.0 Å². The van der Waals surface area contributed by atoms with E-state index in [0.29, 0.717) is 17.9 Å². The Hall–Kier alpha value is -3.11. The van der Waals surface area contributed by atoms with Crippen LogP contribution in [0, 0.1) is 0 Å². The second-order valence-corrected chi connectivity index (χ2v) is 8.84. The van der Waals surface area contributed by atoms with Crippen molar-refractivity contribution in [1.82, 2.24) is 0 Å². The van der Waals surface area contributed by atoms with E-state index in [-0.39, 0.29) is 12.1 Å². The number of hydrogen-bond acceptors (Lipinski definition) is 4. The molecule has 0 amide bonds. The van der Waals surface area contributed by atoms with Crippen molar-refractivity contribution >= 4 is 5.97 Å². The molecule has 3 aromatic rings. The first-order valence-electron chi connectivity index (χ1n) is 12.9. The molecule has 4 nitrogen and oxygen atoms in total. The van der Waals surface area contributed by atoms with E-state index in [0.717, 1.165) is 42.7 Å². The van der Waals surface area contributed by atoms with Crippen molar-refractivity contribution in [2.45, 2.75) is 65.4 Å². The fraction of sp³-hybridized carbons (Fsp3) is 0.387. The molecular formula is C31H38O4. The number of hydrogen-bond donors (Lipinski definition) is 0. The summed E-state index contributed by atoms with van der Waals surface area (Å²) in [6.07, 6.45) is 7.04. The molecule has 0 spiro atoms. The minimum atomic E-state index is -0.383. The van der Waals surface area contributed by atoms with Crippen molar-refractivity contribution in [2.24, 2.45) is 0 Å². The zero-order chi connectivity index (χ0) is 24.9. The van der Waals surface area contributed by atoms with Gasteiger partial charge in [-0.15, -0.1) is 0 Å². The van der Waals surface area contributed by atoms with E-state index in [4.69, 9.17) is 14.2 Å². The van der Waals surface area contributed by atoms with Gasteiger partial charge in [0.15, 0.2) is 0 Å². The van der Waals surface area contributed by atoms with Crippen molar-refractivity contribution in [3.8, 4) is 22.6 Å². The molecule has 0 saturated heterocycles. The van der Waals surface area contributed by atoms with Crippen LogP contribution >= 0.6 is 0 Å². The molecule has 3 rings (SSSR count). The molecule has 186 valence electrons. The van der Waals surface area contributed by atoms with Crippen LogP contribution in [-0.2, 0) is 4.74 Å². The van der Waals surface area contributed by atoms with Crippen LogP contribution in [0.15, 0.2) is 72.8 Å². The molecule has 0 aliphatic carbocycles. The van der Waals surface area contributed by atoms with Gasteiger partial charge in [0.25, 0.3) is 0 Å². The van der Waals surface area contributed by atoms with Crippen LogP contribution in [-0.4, -0.2) is 19.2 Å². The predicted octanol–water partition coefficient (Wildman–Crippen LogP) is 8.41. The predicted molar refractivity (Wildman–Crippen MR) is 142 cm³/mol. The Morgan fingerprint density at radius 2 is 1.29 bits per heavy atom. The third-order valence-corrected chi connectivity index (χ3v) is 6.00. The van der Waals surface area contributed by atoms with E-state index >= 15 is 0 Å². The molecule has 0 aliphatic heterocycles. The highest BCUT2D eigenvalue weighted by molar-refractivity contribution is 5.91. The number of unbranched alkanes of at least 4 members (excludes halogenated alkanes) is 4. The van der Waals surface area contributed by atoms with E-state index in [1.807, 2.05) is 24.3 Å². The lowest BCUT2D eigenvalue weighted by molar-refractivity contribution is 0.0628. The molecule has 3 aromatic carbocycles. The molecule has 0 saturated carbocycles. The van der Waals surface area contributed by atoms with Crippen molar-refractivity contribution < 1.29 is 19.0 Å². The molecule has 1 unspecified atom stereocenters. The summed E-state index contributed by atoms with van der Waals surface area (Å²) in [6.45, 7) is 7.93. The zero-order valence-electron chi connectivity index (χ0n) is 21.3. The Morgan fingerprint density at radius 3 is 1.91 bits per heavy atom. The van der Waals surface area contributed by atoms with E-state index in [9.17, 15) is 4.79 Å². The second-order valence-electron chi connectivity index (χ2n) is 8.84. The van der Waals surface area contributed by atoms with Gasteiger partial charge in [0.2, 0.25) is 0 Å². The highest BCUT2D eigenvalue weighted by atomic mass is 16.5. The standard InChI is InChI=1S/C31H38O4/c1-4-6-8-9-23-33-24(3)25-10-12-26(13-11-25)27-14-20-30(21-15-27)35-31(32)28-16-18-29(19-17-28)34-22-7-5-2/h10-21,24H,4-9,22-23H2,1-3H3. The minimum Gasteiger partial charge on any atom is -0.494 e. The topological polar surface area (TPSA) is 44.8 Å². The summed E-state index contributed by atoms with van der Waals surface area (Å²) in [4.78, 5) is 12.5. The van der Waals surface area contributed by atoms with E-state index in [1.165, 1.54) is 24.8 Å². The molecule has 0 radical (unpaired) electrons. The largest absolute Gasteiger partial charge is 0.494 e. The Morgan fingerprint density at radius 1 is 0.686 bits per heavy atom. The van der Waals surface area contributed by atoms with Crippen LogP contribution in [0.25, 0.3) is 11.1 Å². The summed E-state index contributed by atoms with van der Waals surface area (Å²) in [6, 6.07) is 23.1. The maximum Gasteiger partial charge on any atom is 0.343 e. The fourth-order valence-electron chi connectivity index (χ4n) is 3.73. The zero-order valence-corrected chi connectivity index (χ0v) is 21.3. The van der Waals surface area contributed by atoms with Gasteiger partial charge in [-0.25, -0.2) is 4.79 Å². The molecule has 1 atom stereocenters. The molecule has 0 N–H and O–H groups in total. The summed E-state index contributed by atoms with van der Waals surface area (Å²) >= 11 is 0.